The fourth-order valence-corrected chi connectivity index (χ4v) is 1.77. The first-order chi connectivity index (χ1) is 7.58. The van der Waals surface area contributed by atoms with E-state index in [4.69, 9.17) is 11.6 Å². The van der Waals surface area contributed by atoms with E-state index in [9.17, 15) is 15.2 Å². The summed E-state index contributed by atoms with van der Waals surface area (Å²) in [6.45, 7) is 0.851. The molecule has 1 aliphatic heterocycles. The first-order valence-electron chi connectivity index (χ1n) is 4.68. The third-order valence-electron chi connectivity index (χ3n) is 2.38. The summed E-state index contributed by atoms with van der Waals surface area (Å²) in [5, 5.41) is 20.1. The highest BCUT2D eigenvalue weighted by Gasteiger charge is 2.28. The van der Waals surface area contributed by atoms with E-state index in [2.05, 4.69) is 9.97 Å². The van der Waals surface area contributed by atoms with Crippen LogP contribution in [0.4, 0.5) is 11.5 Å². The average molecular weight is 245 g/mol. The Bertz CT molecular complexity index is 428. The summed E-state index contributed by atoms with van der Waals surface area (Å²) in [7, 11) is 0. The third-order valence-corrected chi connectivity index (χ3v) is 2.56. The third kappa shape index (κ3) is 2.05. The number of hydrogen-bond acceptors (Lipinski definition) is 6. The molecule has 1 fully saturated rings. The zero-order chi connectivity index (χ0) is 11.7. The van der Waals surface area contributed by atoms with Crippen LogP contribution >= 0.6 is 11.6 Å². The highest BCUT2D eigenvalue weighted by Crippen LogP contribution is 2.28. The molecule has 0 bridgehead atoms. The zero-order valence-corrected chi connectivity index (χ0v) is 8.96. The Morgan fingerprint density at radius 3 is 3.00 bits per heavy atom. The van der Waals surface area contributed by atoms with Gasteiger partial charge >= 0.3 is 5.69 Å². The van der Waals surface area contributed by atoms with Crippen LogP contribution in [0.5, 0.6) is 0 Å². The van der Waals surface area contributed by atoms with Crippen LogP contribution in [0.2, 0.25) is 5.28 Å². The van der Waals surface area contributed by atoms with Crippen molar-refractivity contribution in [3.63, 3.8) is 0 Å². The van der Waals surface area contributed by atoms with Crippen molar-refractivity contribution in [1.82, 2.24) is 9.97 Å². The zero-order valence-electron chi connectivity index (χ0n) is 8.21. The summed E-state index contributed by atoms with van der Waals surface area (Å²) in [6.07, 6.45) is 1.17. The van der Waals surface area contributed by atoms with Crippen molar-refractivity contribution in [2.45, 2.75) is 12.5 Å². The maximum atomic E-state index is 10.8. The van der Waals surface area contributed by atoms with Crippen LogP contribution in [0.1, 0.15) is 6.42 Å². The van der Waals surface area contributed by atoms with Crippen molar-refractivity contribution >= 4 is 23.1 Å². The molecular weight excluding hydrogens is 236 g/mol. The van der Waals surface area contributed by atoms with Crippen molar-refractivity contribution in [3.8, 4) is 0 Å². The van der Waals surface area contributed by atoms with Crippen LogP contribution < -0.4 is 4.90 Å². The lowest BCUT2D eigenvalue weighted by molar-refractivity contribution is -0.384. The van der Waals surface area contributed by atoms with E-state index in [1.165, 1.54) is 0 Å². The molecule has 2 heterocycles. The Balaban J connectivity index is 2.37. The summed E-state index contributed by atoms with van der Waals surface area (Å²) in [6, 6.07) is 0. The van der Waals surface area contributed by atoms with E-state index < -0.39 is 11.0 Å². The van der Waals surface area contributed by atoms with Crippen LogP contribution in [0.15, 0.2) is 6.20 Å². The van der Waals surface area contributed by atoms with Gasteiger partial charge in [0.15, 0.2) is 0 Å². The van der Waals surface area contributed by atoms with Gasteiger partial charge < -0.3 is 10.0 Å². The summed E-state index contributed by atoms with van der Waals surface area (Å²) >= 11 is 5.60. The van der Waals surface area contributed by atoms with Crippen molar-refractivity contribution in [1.29, 1.82) is 0 Å². The van der Waals surface area contributed by atoms with Crippen molar-refractivity contribution in [2.24, 2.45) is 0 Å². The highest BCUT2D eigenvalue weighted by atomic mass is 35.5. The molecule has 1 atom stereocenters. The summed E-state index contributed by atoms with van der Waals surface area (Å²) < 4.78 is 0. The molecule has 1 aromatic heterocycles. The Morgan fingerprint density at radius 2 is 2.44 bits per heavy atom. The summed E-state index contributed by atoms with van der Waals surface area (Å²) in [4.78, 5) is 19.3. The van der Waals surface area contributed by atoms with Gasteiger partial charge in [-0.15, -0.1) is 0 Å². The van der Waals surface area contributed by atoms with E-state index in [1.807, 2.05) is 0 Å². The molecule has 1 N–H and O–H groups in total. The van der Waals surface area contributed by atoms with E-state index >= 15 is 0 Å². The van der Waals surface area contributed by atoms with Gasteiger partial charge in [0.1, 0.15) is 6.20 Å². The Hall–Kier alpha value is -1.47. The molecule has 2 rings (SSSR count). The largest absolute Gasteiger partial charge is 0.391 e. The van der Waals surface area contributed by atoms with Gasteiger partial charge in [-0.3, -0.25) is 10.1 Å². The number of aliphatic hydroxyl groups is 1. The Morgan fingerprint density at radius 1 is 1.69 bits per heavy atom. The molecule has 1 unspecified atom stereocenters. The molecule has 1 aromatic rings. The number of aromatic nitrogens is 2. The predicted molar refractivity (Wildman–Crippen MR) is 56.5 cm³/mol. The molecule has 7 nitrogen and oxygen atoms in total. The van der Waals surface area contributed by atoms with E-state index in [-0.39, 0.29) is 16.8 Å². The molecular formula is C8H9ClN4O3. The molecule has 86 valence electrons. The van der Waals surface area contributed by atoms with Gasteiger partial charge in [0.25, 0.3) is 0 Å². The molecule has 0 radical (unpaired) electrons. The number of nitrogens with zero attached hydrogens (tertiary/aromatic N) is 4. The number of halogens is 1. The number of β-amino-alcohol motifs (C(OH)–C–C–N with tert-alkyl or cyclic N) is 1. The van der Waals surface area contributed by atoms with Crippen LogP contribution in [0.25, 0.3) is 0 Å². The lowest BCUT2D eigenvalue weighted by atomic mass is 10.3. The average Bonchev–Trinajstić information content (AvgIpc) is 2.64. The lowest BCUT2D eigenvalue weighted by Gasteiger charge is -2.15. The molecule has 0 aromatic carbocycles. The number of anilines is 1. The van der Waals surface area contributed by atoms with Crippen molar-refractivity contribution in [2.75, 3.05) is 18.0 Å². The van der Waals surface area contributed by atoms with Crippen molar-refractivity contribution < 1.29 is 10.0 Å². The van der Waals surface area contributed by atoms with Crippen LogP contribution in [0.3, 0.4) is 0 Å². The Kier molecular flexibility index (Phi) is 2.88. The second kappa shape index (κ2) is 4.18. The summed E-state index contributed by atoms with van der Waals surface area (Å²) in [5.74, 6) is 0.168. The minimum Gasteiger partial charge on any atom is -0.391 e. The maximum Gasteiger partial charge on any atom is 0.329 e. The van der Waals surface area contributed by atoms with Crippen LogP contribution in [-0.2, 0) is 0 Å². The first-order valence-corrected chi connectivity index (χ1v) is 5.05. The van der Waals surface area contributed by atoms with Gasteiger partial charge in [-0.05, 0) is 18.0 Å². The molecule has 0 saturated carbocycles. The van der Waals surface area contributed by atoms with E-state index in [0.717, 1.165) is 6.20 Å². The predicted octanol–water partition coefficient (Wildman–Crippen LogP) is 0.609. The number of hydrogen-bond donors (Lipinski definition) is 1. The molecule has 1 saturated heterocycles. The monoisotopic (exact) mass is 244 g/mol. The molecule has 0 amide bonds. The van der Waals surface area contributed by atoms with Gasteiger partial charge in [0.05, 0.1) is 11.0 Å². The smallest absolute Gasteiger partial charge is 0.329 e. The van der Waals surface area contributed by atoms with Gasteiger partial charge in [-0.2, -0.15) is 4.98 Å². The molecule has 1 aliphatic rings. The van der Waals surface area contributed by atoms with Crippen LogP contribution in [-0.4, -0.2) is 39.2 Å². The standard InChI is InChI=1S/C8H9ClN4O3/c9-8-10-3-6(13(15)16)7(11-8)12-2-1-5(14)4-12/h3,5,14H,1-2,4H2. The minimum atomic E-state index is -0.559. The molecule has 0 aliphatic carbocycles. The molecule has 8 heteroatoms. The normalized spacial score (nSPS) is 20.1. The lowest BCUT2D eigenvalue weighted by Crippen LogP contribution is -2.23. The van der Waals surface area contributed by atoms with Crippen molar-refractivity contribution in [3.05, 3.63) is 21.6 Å². The van der Waals surface area contributed by atoms with Gasteiger partial charge in [0.2, 0.25) is 11.1 Å². The van der Waals surface area contributed by atoms with Crippen LogP contribution in [0, 0.1) is 10.1 Å². The van der Waals surface area contributed by atoms with Gasteiger partial charge in [0, 0.05) is 13.1 Å². The first kappa shape index (κ1) is 11.0. The fraction of sp³-hybridized carbons (Fsp3) is 0.500. The number of rotatable bonds is 2. The number of aliphatic hydroxyl groups excluding tert-OH is 1. The second-order valence-electron chi connectivity index (χ2n) is 3.49. The SMILES string of the molecule is O=[N+]([O-])c1cnc(Cl)nc1N1CCC(O)C1. The number of nitro groups is 1. The molecule has 16 heavy (non-hydrogen) atoms. The molecule has 0 spiro atoms. The minimum absolute atomic E-state index is 0.0398. The quantitative estimate of drug-likeness (QED) is 0.465. The van der Waals surface area contributed by atoms with Gasteiger partial charge in [-0.25, -0.2) is 4.98 Å². The van der Waals surface area contributed by atoms with E-state index in [0.29, 0.717) is 19.5 Å². The second-order valence-corrected chi connectivity index (χ2v) is 3.83. The van der Waals surface area contributed by atoms with E-state index in [1.54, 1.807) is 4.90 Å². The van der Waals surface area contributed by atoms with Gasteiger partial charge in [-0.1, -0.05) is 0 Å². The maximum absolute atomic E-state index is 10.8. The summed E-state index contributed by atoms with van der Waals surface area (Å²) in [5.41, 5.74) is -0.196. The Labute approximate surface area is 95.8 Å². The highest BCUT2D eigenvalue weighted by molar-refractivity contribution is 6.28. The topological polar surface area (TPSA) is 92.4 Å². The fourth-order valence-electron chi connectivity index (χ4n) is 1.64.